The molecule has 1 heterocycles. The predicted molar refractivity (Wildman–Crippen MR) is 93.5 cm³/mol. The lowest BCUT2D eigenvalue weighted by molar-refractivity contribution is 0.683. The summed E-state index contributed by atoms with van der Waals surface area (Å²) < 4.78 is 1.90. The fraction of sp³-hybridized carbons (Fsp3) is 0.278. The topological polar surface area (TPSA) is 21.1 Å². The fourth-order valence-corrected chi connectivity index (χ4v) is 2.81. The number of benzene rings is 2. The van der Waals surface area contributed by atoms with Crippen LogP contribution in [0.15, 0.2) is 48.7 Å². The molecule has 0 saturated heterocycles. The van der Waals surface area contributed by atoms with Crippen molar-refractivity contribution in [2.75, 3.05) is 4.90 Å². The van der Waals surface area contributed by atoms with Crippen LogP contribution in [0.3, 0.4) is 0 Å². The zero-order valence-corrected chi connectivity index (χ0v) is 13.9. The molecule has 22 heavy (non-hydrogen) atoms. The highest BCUT2D eigenvalue weighted by molar-refractivity contribution is 6.30. The lowest BCUT2D eigenvalue weighted by Gasteiger charge is -2.29. The standard InChI is InChI=1S/C18H20ClN3/c1-13(2)22(12-14-4-6-16(19)7-5-14)17-8-9-18-15(10-17)11-20-21(18)3/h4-11,13H,12H2,1-3H3. The number of aromatic nitrogens is 2. The summed E-state index contributed by atoms with van der Waals surface area (Å²) in [5.74, 6) is 0. The maximum atomic E-state index is 5.97. The van der Waals surface area contributed by atoms with E-state index in [4.69, 9.17) is 11.6 Å². The number of anilines is 1. The van der Waals surface area contributed by atoms with Gasteiger partial charge in [-0.1, -0.05) is 23.7 Å². The molecule has 1 aromatic heterocycles. The summed E-state index contributed by atoms with van der Waals surface area (Å²) in [5.41, 5.74) is 3.62. The second-order valence-corrected chi connectivity index (χ2v) is 6.30. The van der Waals surface area contributed by atoms with Crippen LogP contribution in [0, 0.1) is 0 Å². The largest absolute Gasteiger partial charge is 0.365 e. The van der Waals surface area contributed by atoms with Crippen LogP contribution in [0.2, 0.25) is 5.02 Å². The second-order valence-electron chi connectivity index (χ2n) is 5.86. The third-order valence-corrected chi connectivity index (χ3v) is 4.20. The van der Waals surface area contributed by atoms with Gasteiger partial charge in [-0.25, -0.2) is 0 Å². The van der Waals surface area contributed by atoms with E-state index in [2.05, 4.69) is 54.2 Å². The van der Waals surface area contributed by atoms with Crippen LogP contribution in [0.25, 0.3) is 10.9 Å². The van der Waals surface area contributed by atoms with Crippen molar-refractivity contribution in [2.45, 2.75) is 26.4 Å². The van der Waals surface area contributed by atoms with Crippen molar-refractivity contribution in [1.82, 2.24) is 9.78 Å². The zero-order chi connectivity index (χ0) is 15.7. The summed E-state index contributed by atoms with van der Waals surface area (Å²) in [6.07, 6.45) is 1.92. The molecule has 3 aromatic rings. The number of hydrogen-bond acceptors (Lipinski definition) is 2. The molecule has 114 valence electrons. The molecule has 0 fully saturated rings. The van der Waals surface area contributed by atoms with Gasteiger partial charge in [-0.15, -0.1) is 0 Å². The minimum Gasteiger partial charge on any atom is -0.365 e. The molecule has 3 rings (SSSR count). The van der Waals surface area contributed by atoms with E-state index in [0.29, 0.717) is 6.04 Å². The van der Waals surface area contributed by atoms with Gasteiger partial charge in [-0.3, -0.25) is 4.68 Å². The Morgan fingerprint density at radius 3 is 2.55 bits per heavy atom. The molecule has 0 N–H and O–H groups in total. The van der Waals surface area contributed by atoms with Crippen LogP contribution < -0.4 is 4.90 Å². The molecule has 0 aliphatic rings. The van der Waals surface area contributed by atoms with E-state index in [1.807, 2.05) is 30.1 Å². The summed E-state index contributed by atoms with van der Waals surface area (Å²) in [5, 5.41) is 6.26. The Balaban J connectivity index is 1.93. The Kier molecular flexibility index (Phi) is 4.08. The molecule has 3 nitrogen and oxygen atoms in total. The molecule has 0 spiro atoms. The Bertz CT molecular complexity index is 775. The summed E-state index contributed by atoms with van der Waals surface area (Å²) in [7, 11) is 1.97. The number of hydrogen-bond donors (Lipinski definition) is 0. The van der Waals surface area contributed by atoms with Crippen LogP contribution in [0.1, 0.15) is 19.4 Å². The molecular weight excluding hydrogens is 294 g/mol. The van der Waals surface area contributed by atoms with Gasteiger partial charge in [0.2, 0.25) is 0 Å². The van der Waals surface area contributed by atoms with Crippen molar-refractivity contribution in [3.05, 3.63) is 59.2 Å². The SMILES string of the molecule is CC(C)N(Cc1ccc(Cl)cc1)c1ccc2c(cnn2C)c1. The van der Waals surface area contributed by atoms with E-state index in [-0.39, 0.29) is 0 Å². The van der Waals surface area contributed by atoms with Crippen LogP contribution in [0.5, 0.6) is 0 Å². The van der Waals surface area contributed by atoms with Crippen molar-refractivity contribution in [3.63, 3.8) is 0 Å². The number of halogens is 1. The number of fused-ring (bicyclic) bond motifs is 1. The summed E-state index contributed by atoms with van der Waals surface area (Å²) in [6, 6.07) is 15.0. The third-order valence-electron chi connectivity index (χ3n) is 3.95. The Morgan fingerprint density at radius 1 is 1.14 bits per heavy atom. The van der Waals surface area contributed by atoms with Gasteiger partial charge >= 0.3 is 0 Å². The molecular formula is C18H20ClN3. The summed E-state index contributed by atoms with van der Waals surface area (Å²) >= 11 is 5.97. The first-order valence-corrected chi connectivity index (χ1v) is 7.85. The Hall–Kier alpha value is -2.00. The second kappa shape index (κ2) is 6.01. The van der Waals surface area contributed by atoms with E-state index >= 15 is 0 Å². The van der Waals surface area contributed by atoms with Gasteiger partial charge in [-0.05, 0) is 49.7 Å². The van der Waals surface area contributed by atoms with E-state index < -0.39 is 0 Å². The highest BCUT2D eigenvalue weighted by atomic mass is 35.5. The predicted octanol–water partition coefficient (Wildman–Crippen LogP) is 4.64. The minimum absolute atomic E-state index is 0.407. The molecule has 0 radical (unpaired) electrons. The summed E-state index contributed by atoms with van der Waals surface area (Å²) in [6.45, 7) is 5.29. The van der Waals surface area contributed by atoms with Gasteiger partial charge in [0.25, 0.3) is 0 Å². The van der Waals surface area contributed by atoms with Gasteiger partial charge in [0, 0.05) is 35.7 Å². The average molecular weight is 314 g/mol. The first-order valence-electron chi connectivity index (χ1n) is 7.47. The fourth-order valence-electron chi connectivity index (χ4n) is 2.69. The highest BCUT2D eigenvalue weighted by Crippen LogP contribution is 2.25. The van der Waals surface area contributed by atoms with Gasteiger partial charge in [0.05, 0.1) is 11.7 Å². The number of aryl methyl sites for hydroxylation is 1. The molecule has 2 aromatic carbocycles. The van der Waals surface area contributed by atoms with Crippen molar-refractivity contribution in [3.8, 4) is 0 Å². The minimum atomic E-state index is 0.407. The van der Waals surface area contributed by atoms with Crippen LogP contribution in [-0.2, 0) is 13.6 Å². The quantitative estimate of drug-likeness (QED) is 0.699. The Labute approximate surface area is 136 Å². The van der Waals surface area contributed by atoms with E-state index in [9.17, 15) is 0 Å². The van der Waals surface area contributed by atoms with Gasteiger partial charge in [0.1, 0.15) is 0 Å². The first-order chi connectivity index (χ1) is 10.5. The normalized spacial score (nSPS) is 11.3. The van der Waals surface area contributed by atoms with Crippen molar-refractivity contribution in [2.24, 2.45) is 7.05 Å². The average Bonchev–Trinajstić information content (AvgIpc) is 2.87. The van der Waals surface area contributed by atoms with Crippen LogP contribution in [-0.4, -0.2) is 15.8 Å². The van der Waals surface area contributed by atoms with Crippen molar-refractivity contribution in [1.29, 1.82) is 0 Å². The van der Waals surface area contributed by atoms with Crippen LogP contribution in [0.4, 0.5) is 5.69 Å². The monoisotopic (exact) mass is 313 g/mol. The van der Waals surface area contributed by atoms with Gasteiger partial charge in [0.15, 0.2) is 0 Å². The van der Waals surface area contributed by atoms with E-state index in [0.717, 1.165) is 17.1 Å². The zero-order valence-electron chi connectivity index (χ0n) is 13.1. The number of rotatable bonds is 4. The maximum absolute atomic E-state index is 5.97. The molecule has 0 amide bonds. The van der Waals surface area contributed by atoms with Crippen molar-refractivity contribution < 1.29 is 0 Å². The molecule has 0 aliphatic heterocycles. The molecule has 0 unspecified atom stereocenters. The molecule has 0 saturated carbocycles. The molecule has 0 atom stereocenters. The van der Waals surface area contributed by atoms with E-state index in [1.165, 1.54) is 16.6 Å². The lowest BCUT2D eigenvalue weighted by atomic mass is 10.1. The Morgan fingerprint density at radius 2 is 1.86 bits per heavy atom. The van der Waals surface area contributed by atoms with E-state index in [1.54, 1.807) is 0 Å². The molecule has 4 heteroatoms. The maximum Gasteiger partial charge on any atom is 0.0680 e. The lowest BCUT2D eigenvalue weighted by Crippen LogP contribution is -2.30. The smallest absolute Gasteiger partial charge is 0.0680 e. The number of nitrogens with zero attached hydrogens (tertiary/aromatic N) is 3. The summed E-state index contributed by atoms with van der Waals surface area (Å²) in [4.78, 5) is 2.38. The molecule has 0 bridgehead atoms. The van der Waals surface area contributed by atoms with Crippen molar-refractivity contribution >= 4 is 28.2 Å². The molecule has 0 aliphatic carbocycles. The van der Waals surface area contributed by atoms with Gasteiger partial charge < -0.3 is 4.90 Å². The third kappa shape index (κ3) is 2.95. The highest BCUT2D eigenvalue weighted by Gasteiger charge is 2.12. The van der Waals surface area contributed by atoms with Crippen LogP contribution >= 0.6 is 11.6 Å². The van der Waals surface area contributed by atoms with Gasteiger partial charge in [-0.2, -0.15) is 5.10 Å². The first kappa shape index (κ1) is 14.9.